The second-order valence-electron chi connectivity index (χ2n) is 4.00. The zero-order chi connectivity index (χ0) is 13.1. The molecule has 0 unspecified atom stereocenters. The number of aryl methyl sites for hydroxylation is 1. The Hall–Kier alpha value is -2.21. The average molecular weight is 245 g/mol. The summed E-state index contributed by atoms with van der Waals surface area (Å²) in [7, 11) is 0. The molecule has 6 nitrogen and oxygen atoms in total. The van der Waals surface area contributed by atoms with E-state index in [4.69, 9.17) is 5.73 Å². The van der Waals surface area contributed by atoms with Crippen molar-refractivity contribution < 1.29 is 4.79 Å². The van der Waals surface area contributed by atoms with E-state index in [9.17, 15) is 4.79 Å². The highest BCUT2D eigenvalue weighted by Gasteiger charge is 2.12. The Kier molecular flexibility index (Phi) is 3.38. The van der Waals surface area contributed by atoms with Gasteiger partial charge in [0.05, 0.1) is 11.7 Å². The summed E-state index contributed by atoms with van der Waals surface area (Å²) >= 11 is 0. The number of carbonyl (C=O) groups is 1. The number of amides is 1. The number of hydrogen-bond acceptors (Lipinski definition) is 4. The number of imidazole rings is 1. The first-order valence-electron chi connectivity index (χ1n) is 5.61. The minimum Gasteiger partial charge on any atom is -0.322 e. The summed E-state index contributed by atoms with van der Waals surface area (Å²) in [6.07, 6.45) is 5.14. The van der Waals surface area contributed by atoms with Crippen LogP contribution in [0.15, 0.2) is 30.7 Å². The van der Waals surface area contributed by atoms with Crippen molar-refractivity contribution in [2.75, 3.05) is 5.32 Å². The SMILES string of the molecule is Cc1nccn1-c1ncccc1NC(=O)[C@H](C)N. The van der Waals surface area contributed by atoms with Gasteiger partial charge in [-0.25, -0.2) is 9.97 Å². The summed E-state index contributed by atoms with van der Waals surface area (Å²) in [4.78, 5) is 20.0. The third-order valence-corrected chi connectivity index (χ3v) is 2.51. The summed E-state index contributed by atoms with van der Waals surface area (Å²) in [6, 6.07) is 2.97. The molecule has 3 N–H and O–H groups in total. The lowest BCUT2D eigenvalue weighted by atomic mass is 10.3. The van der Waals surface area contributed by atoms with E-state index < -0.39 is 6.04 Å². The molecule has 2 heterocycles. The molecule has 0 saturated heterocycles. The van der Waals surface area contributed by atoms with Gasteiger partial charge in [0.25, 0.3) is 0 Å². The van der Waals surface area contributed by atoms with Gasteiger partial charge in [-0.05, 0) is 26.0 Å². The van der Waals surface area contributed by atoms with Gasteiger partial charge in [-0.1, -0.05) is 0 Å². The molecule has 1 amide bonds. The molecule has 2 rings (SSSR count). The Balaban J connectivity index is 2.38. The van der Waals surface area contributed by atoms with Gasteiger partial charge in [0.2, 0.25) is 5.91 Å². The summed E-state index contributed by atoms with van der Waals surface area (Å²) in [5.74, 6) is 1.17. The predicted octanol–water partition coefficient (Wildman–Crippen LogP) is 0.861. The van der Waals surface area contributed by atoms with Crippen LogP contribution in [-0.4, -0.2) is 26.5 Å². The molecule has 94 valence electrons. The highest BCUT2D eigenvalue weighted by atomic mass is 16.2. The Morgan fingerprint density at radius 3 is 2.83 bits per heavy atom. The van der Waals surface area contributed by atoms with Crippen molar-refractivity contribution in [1.82, 2.24) is 14.5 Å². The fraction of sp³-hybridized carbons (Fsp3) is 0.250. The number of nitrogens with one attached hydrogen (secondary N) is 1. The minimum absolute atomic E-state index is 0.248. The van der Waals surface area contributed by atoms with Crippen LogP contribution in [0.25, 0.3) is 5.82 Å². The maximum absolute atomic E-state index is 11.6. The first kappa shape index (κ1) is 12.3. The van der Waals surface area contributed by atoms with Crippen molar-refractivity contribution in [3.63, 3.8) is 0 Å². The largest absolute Gasteiger partial charge is 0.322 e. The molecule has 2 aromatic rings. The van der Waals surface area contributed by atoms with Gasteiger partial charge >= 0.3 is 0 Å². The quantitative estimate of drug-likeness (QED) is 0.839. The maximum Gasteiger partial charge on any atom is 0.241 e. The fourth-order valence-electron chi connectivity index (χ4n) is 1.53. The van der Waals surface area contributed by atoms with Crippen molar-refractivity contribution in [2.45, 2.75) is 19.9 Å². The molecule has 0 aliphatic rings. The average Bonchev–Trinajstić information content (AvgIpc) is 2.76. The summed E-state index contributed by atoms with van der Waals surface area (Å²) in [5.41, 5.74) is 6.14. The van der Waals surface area contributed by atoms with E-state index in [0.717, 1.165) is 5.82 Å². The third-order valence-electron chi connectivity index (χ3n) is 2.51. The van der Waals surface area contributed by atoms with Gasteiger partial charge in [-0.2, -0.15) is 0 Å². The van der Waals surface area contributed by atoms with Gasteiger partial charge in [-0.15, -0.1) is 0 Å². The second kappa shape index (κ2) is 4.97. The molecule has 0 aliphatic heterocycles. The Bertz CT molecular complexity index is 561. The highest BCUT2D eigenvalue weighted by Crippen LogP contribution is 2.18. The van der Waals surface area contributed by atoms with E-state index in [-0.39, 0.29) is 5.91 Å². The molecule has 0 spiro atoms. The lowest BCUT2D eigenvalue weighted by Gasteiger charge is -2.12. The minimum atomic E-state index is -0.568. The lowest BCUT2D eigenvalue weighted by Crippen LogP contribution is -2.32. The van der Waals surface area contributed by atoms with Gasteiger partial charge < -0.3 is 11.1 Å². The number of carbonyl (C=O) groups excluding carboxylic acids is 1. The Morgan fingerprint density at radius 1 is 1.44 bits per heavy atom. The highest BCUT2D eigenvalue weighted by molar-refractivity contribution is 5.95. The van der Waals surface area contributed by atoms with E-state index in [1.807, 2.05) is 6.92 Å². The van der Waals surface area contributed by atoms with Crippen LogP contribution in [0, 0.1) is 6.92 Å². The van der Waals surface area contributed by atoms with Crippen LogP contribution in [-0.2, 0) is 4.79 Å². The van der Waals surface area contributed by atoms with Crippen molar-refractivity contribution in [3.8, 4) is 5.82 Å². The summed E-state index contributed by atoms with van der Waals surface area (Å²) in [5, 5.41) is 2.75. The van der Waals surface area contributed by atoms with Crippen molar-refractivity contribution in [3.05, 3.63) is 36.5 Å². The monoisotopic (exact) mass is 245 g/mol. The van der Waals surface area contributed by atoms with Crippen molar-refractivity contribution in [2.24, 2.45) is 5.73 Å². The molecule has 6 heteroatoms. The van der Waals surface area contributed by atoms with Crippen LogP contribution in [0.4, 0.5) is 5.69 Å². The van der Waals surface area contributed by atoms with Crippen LogP contribution in [0.3, 0.4) is 0 Å². The summed E-state index contributed by atoms with van der Waals surface area (Å²) < 4.78 is 1.80. The molecular formula is C12H15N5O. The molecule has 0 aromatic carbocycles. The Labute approximate surface area is 105 Å². The van der Waals surface area contributed by atoms with Crippen LogP contribution in [0.5, 0.6) is 0 Å². The third kappa shape index (κ3) is 2.38. The van der Waals surface area contributed by atoms with E-state index in [1.165, 1.54) is 0 Å². The molecule has 0 radical (unpaired) electrons. The number of anilines is 1. The van der Waals surface area contributed by atoms with Crippen LogP contribution in [0.1, 0.15) is 12.7 Å². The van der Waals surface area contributed by atoms with Gasteiger partial charge in [-0.3, -0.25) is 9.36 Å². The summed E-state index contributed by atoms with van der Waals surface area (Å²) in [6.45, 7) is 3.50. The normalized spacial score (nSPS) is 12.2. The fourth-order valence-corrected chi connectivity index (χ4v) is 1.53. The Morgan fingerprint density at radius 2 is 2.22 bits per heavy atom. The first-order valence-corrected chi connectivity index (χ1v) is 5.61. The molecule has 1 atom stereocenters. The molecule has 0 aliphatic carbocycles. The van der Waals surface area contributed by atoms with Crippen molar-refractivity contribution >= 4 is 11.6 Å². The van der Waals surface area contributed by atoms with E-state index in [1.54, 1.807) is 42.2 Å². The molecule has 0 bridgehead atoms. The number of hydrogen-bond donors (Lipinski definition) is 2. The van der Waals surface area contributed by atoms with Crippen molar-refractivity contribution in [1.29, 1.82) is 0 Å². The zero-order valence-corrected chi connectivity index (χ0v) is 10.3. The van der Waals surface area contributed by atoms with Gasteiger partial charge in [0, 0.05) is 18.6 Å². The van der Waals surface area contributed by atoms with E-state index in [0.29, 0.717) is 11.5 Å². The predicted molar refractivity (Wildman–Crippen MR) is 68.4 cm³/mol. The number of nitrogens with zero attached hydrogens (tertiary/aromatic N) is 3. The molecular weight excluding hydrogens is 230 g/mol. The van der Waals surface area contributed by atoms with Crippen LogP contribution in [0.2, 0.25) is 0 Å². The lowest BCUT2D eigenvalue weighted by molar-refractivity contribution is -0.117. The topological polar surface area (TPSA) is 85.8 Å². The molecule has 18 heavy (non-hydrogen) atoms. The van der Waals surface area contributed by atoms with E-state index >= 15 is 0 Å². The first-order chi connectivity index (χ1) is 8.59. The number of rotatable bonds is 3. The zero-order valence-electron chi connectivity index (χ0n) is 10.3. The van der Waals surface area contributed by atoms with Crippen LogP contribution < -0.4 is 11.1 Å². The number of aromatic nitrogens is 3. The number of nitrogens with two attached hydrogens (primary N) is 1. The van der Waals surface area contributed by atoms with Gasteiger partial charge in [0.15, 0.2) is 5.82 Å². The molecule has 2 aromatic heterocycles. The molecule has 0 fully saturated rings. The van der Waals surface area contributed by atoms with Crippen LogP contribution >= 0.6 is 0 Å². The molecule has 0 saturated carbocycles. The number of pyridine rings is 1. The van der Waals surface area contributed by atoms with Gasteiger partial charge in [0.1, 0.15) is 5.82 Å². The smallest absolute Gasteiger partial charge is 0.241 e. The standard InChI is InChI=1S/C12H15N5O/c1-8(13)12(18)16-10-4-3-5-15-11(10)17-7-6-14-9(17)2/h3-8H,13H2,1-2H3,(H,16,18)/t8-/m0/s1. The second-order valence-corrected chi connectivity index (χ2v) is 4.00. The maximum atomic E-state index is 11.6. The van der Waals surface area contributed by atoms with E-state index in [2.05, 4.69) is 15.3 Å².